The van der Waals surface area contributed by atoms with E-state index in [2.05, 4.69) is 67.4 Å². The van der Waals surface area contributed by atoms with Crippen LogP contribution in [-0.2, 0) is 41.9 Å². The molecule has 0 spiro atoms. The highest BCUT2D eigenvalue weighted by Crippen LogP contribution is 2.38. The molecule has 0 saturated carbocycles. The van der Waals surface area contributed by atoms with Gasteiger partial charge >= 0.3 is 17.9 Å². The Hall–Kier alpha value is -5.24. The van der Waals surface area contributed by atoms with E-state index in [1.54, 1.807) is 6.92 Å². The predicted molar refractivity (Wildman–Crippen MR) is 205 cm³/mol. The molecule has 0 bridgehead atoms. The molecule has 58 heavy (non-hydrogen) atoms. The van der Waals surface area contributed by atoms with Gasteiger partial charge in [-0.25, -0.2) is 23.7 Å². The van der Waals surface area contributed by atoms with Crippen molar-refractivity contribution in [2.75, 3.05) is 17.3 Å². The molecular formula is C27H28N16O9S6. The van der Waals surface area contributed by atoms with Crippen molar-refractivity contribution in [2.45, 2.75) is 57.6 Å². The molecule has 306 valence electrons. The second-order valence-electron chi connectivity index (χ2n) is 11.7. The van der Waals surface area contributed by atoms with Gasteiger partial charge in [0, 0.05) is 17.3 Å². The largest absolute Gasteiger partial charge is 0.480 e. The third kappa shape index (κ3) is 10.6. The van der Waals surface area contributed by atoms with Gasteiger partial charge in [0.1, 0.15) is 58.7 Å². The molecule has 1 unspecified atom stereocenters. The minimum absolute atomic E-state index is 0.0349. The van der Waals surface area contributed by atoms with E-state index in [1.165, 1.54) is 45.4 Å². The van der Waals surface area contributed by atoms with Gasteiger partial charge in [0.25, 0.3) is 0 Å². The van der Waals surface area contributed by atoms with Gasteiger partial charge < -0.3 is 36.2 Å². The van der Waals surface area contributed by atoms with E-state index in [9.17, 15) is 39.3 Å². The molecule has 5 atom stereocenters. The van der Waals surface area contributed by atoms with E-state index in [1.807, 2.05) is 0 Å². The number of hydrogen-bond acceptors (Lipinski definition) is 23. The summed E-state index contributed by atoms with van der Waals surface area (Å²) in [4.78, 5) is 81.4. The zero-order valence-electron chi connectivity index (χ0n) is 29.3. The highest BCUT2D eigenvalue weighted by molar-refractivity contribution is 8.03. The van der Waals surface area contributed by atoms with E-state index in [0.29, 0.717) is 19.3 Å². The Morgan fingerprint density at radius 1 is 0.897 bits per heavy atom. The van der Waals surface area contributed by atoms with Crippen molar-refractivity contribution >= 4 is 105 Å². The number of rotatable bonds is 18. The van der Waals surface area contributed by atoms with Crippen molar-refractivity contribution in [2.24, 2.45) is 0 Å². The third-order valence-corrected chi connectivity index (χ3v) is 14.2. The second-order valence-corrected chi connectivity index (χ2v) is 18.3. The second kappa shape index (κ2) is 19.5. The van der Waals surface area contributed by atoms with Crippen LogP contribution in [0.5, 0.6) is 0 Å². The maximum absolute atomic E-state index is 15.2. The number of tetrazole rings is 2. The molecule has 6 N–H and O–H groups in total. The average molecular weight is 913 g/mol. The molecule has 6 heterocycles. The zero-order chi connectivity index (χ0) is 41.3. The summed E-state index contributed by atoms with van der Waals surface area (Å²) in [6.07, 6.45) is 2.25. The number of aromatic nitrogens is 12. The Balaban J connectivity index is 1.37. The molecule has 0 fully saturated rings. The molecule has 2 aliphatic rings. The van der Waals surface area contributed by atoms with Crippen molar-refractivity contribution in [1.29, 1.82) is 0 Å². The fraction of sp³-hybridized carbons (Fsp3) is 0.407. The number of nitrogens with zero attached hydrogens (tertiary/aromatic N) is 13. The summed E-state index contributed by atoms with van der Waals surface area (Å²) in [7, 11) is 0. The van der Waals surface area contributed by atoms with Crippen LogP contribution in [0.1, 0.15) is 5.01 Å². The number of carboxylic acids is 3. The minimum atomic E-state index is -1.93. The number of carboxylic acid groups (broad SMARTS) is 3. The van der Waals surface area contributed by atoms with Crippen molar-refractivity contribution in [3.63, 3.8) is 0 Å². The van der Waals surface area contributed by atoms with Crippen LogP contribution in [0.4, 0.5) is 0 Å². The standard InChI is InChI=1S/C27H28N16O9S6/c1-11-34-36-27(58-11)56-7-13-6-54-22(18(24(49)50)32-15(45)3-42-9-29-38-40-42)43(19(13)25(51)52)21(46)17(31-14(44)2-41-8-28-37-39-41)20-33-16(23(47)48)12(4-53-20)5-55-26-35-30-10-57-26/h6,8-10,17-20,22,33H,2-5,7H2,1H3,(H,31,44)(H,32,45)(H,47,48)(H,49,50)(H,51,52)/t17-,18-,19?,20+,22+/m0/s1. The molecular weight excluding hydrogens is 885 g/mol. The first-order valence-corrected chi connectivity index (χ1v) is 21.8. The molecule has 3 amide bonds. The molecule has 4 aromatic rings. The van der Waals surface area contributed by atoms with Gasteiger partial charge in [-0.1, -0.05) is 46.2 Å². The number of nitrogens with one attached hydrogen (secondary N) is 3. The molecule has 25 nitrogen and oxygen atoms in total. The number of carbonyl (C=O) groups excluding carboxylic acids is 3. The molecule has 0 aliphatic carbocycles. The summed E-state index contributed by atoms with van der Waals surface area (Å²) < 4.78 is 3.15. The Bertz CT molecular complexity index is 2190. The summed E-state index contributed by atoms with van der Waals surface area (Å²) in [5.74, 6) is -7.19. The van der Waals surface area contributed by atoms with Crippen LogP contribution in [-0.4, -0.2) is 163 Å². The van der Waals surface area contributed by atoms with E-state index < -0.39 is 77.6 Å². The molecule has 0 saturated heterocycles. The number of aryl methyl sites for hydroxylation is 1. The van der Waals surface area contributed by atoms with Crippen LogP contribution in [0, 0.1) is 6.92 Å². The summed E-state index contributed by atoms with van der Waals surface area (Å²) in [6, 6.07) is -5.52. The van der Waals surface area contributed by atoms with Crippen LogP contribution in [0.2, 0.25) is 0 Å². The number of aliphatic carboxylic acids is 3. The summed E-state index contributed by atoms with van der Waals surface area (Å²) in [5, 5.41) is 75.3. The lowest BCUT2D eigenvalue weighted by Crippen LogP contribution is -2.67. The van der Waals surface area contributed by atoms with E-state index in [0.717, 1.165) is 62.2 Å². The van der Waals surface area contributed by atoms with Crippen molar-refractivity contribution in [3.05, 3.63) is 45.4 Å². The first-order chi connectivity index (χ1) is 27.9. The first kappa shape index (κ1) is 42.4. The van der Waals surface area contributed by atoms with Gasteiger partial charge in [-0.05, 0) is 44.3 Å². The van der Waals surface area contributed by atoms with Crippen LogP contribution < -0.4 is 16.0 Å². The van der Waals surface area contributed by atoms with Crippen molar-refractivity contribution in [1.82, 2.24) is 81.7 Å². The van der Waals surface area contributed by atoms with Crippen molar-refractivity contribution < 1.29 is 44.1 Å². The molecule has 4 aromatic heterocycles. The SMILES string of the molecule is Cc1nnc(SCC2=CS[C@H]([C@H](NC(=O)Cn3cnnn3)C(=O)O)N(C(=O)[C@@H](NC(=O)Cn3cnnn3)[C@@H]3NC(C(=O)O)=C(CSc4nncs4)CS3)C2C(=O)O)s1. The molecule has 2 aliphatic heterocycles. The highest BCUT2D eigenvalue weighted by atomic mass is 32.2. The van der Waals surface area contributed by atoms with Crippen LogP contribution in [0.3, 0.4) is 0 Å². The predicted octanol–water partition coefficient (Wildman–Crippen LogP) is -1.75. The number of carbonyl (C=O) groups is 6. The number of hydrogen-bond donors (Lipinski definition) is 6. The lowest BCUT2D eigenvalue weighted by molar-refractivity contribution is -0.154. The average Bonchev–Trinajstić information content (AvgIpc) is 4.04. The van der Waals surface area contributed by atoms with Gasteiger partial charge in [0.2, 0.25) is 17.7 Å². The Labute approximate surface area is 349 Å². The smallest absolute Gasteiger partial charge is 0.352 e. The summed E-state index contributed by atoms with van der Waals surface area (Å²) >= 11 is 6.69. The van der Waals surface area contributed by atoms with E-state index in [-0.39, 0.29) is 28.5 Å². The van der Waals surface area contributed by atoms with Gasteiger partial charge in [-0.2, -0.15) is 0 Å². The third-order valence-electron chi connectivity index (χ3n) is 7.77. The van der Waals surface area contributed by atoms with Crippen LogP contribution >= 0.6 is 69.7 Å². The maximum atomic E-state index is 15.2. The highest BCUT2D eigenvalue weighted by Gasteiger charge is 2.50. The molecule has 6 rings (SSSR count). The molecule has 0 radical (unpaired) electrons. The number of thioether (sulfide) groups is 4. The Morgan fingerprint density at radius 2 is 1.57 bits per heavy atom. The monoisotopic (exact) mass is 912 g/mol. The maximum Gasteiger partial charge on any atom is 0.352 e. The summed E-state index contributed by atoms with van der Waals surface area (Å²) in [6.45, 7) is 0.707. The van der Waals surface area contributed by atoms with Gasteiger partial charge in [-0.3, -0.25) is 14.4 Å². The molecule has 0 aromatic carbocycles. The lowest BCUT2D eigenvalue weighted by atomic mass is 10.0. The quantitative estimate of drug-likeness (QED) is 0.0603. The minimum Gasteiger partial charge on any atom is -0.480 e. The Morgan fingerprint density at radius 3 is 2.12 bits per heavy atom. The lowest BCUT2D eigenvalue weighted by Gasteiger charge is -2.44. The van der Waals surface area contributed by atoms with Gasteiger partial charge in [-0.15, -0.1) is 54.1 Å². The first-order valence-electron chi connectivity index (χ1n) is 16.2. The van der Waals surface area contributed by atoms with E-state index in [4.69, 9.17) is 0 Å². The topological polar surface area (TPSA) is 341 Å². The van der Waals surface area contributed by atoms with E-state index >= 15 is 4.79 Å². The zero-order valence-corrected chi connectivity index (χ0v) is 34.2. The van der Waals surface area contributed by atoms with Crippen LogP contribution in [0.15, 0.2) is 49.1 Å². The van der Waals surface area contributed by atoms with Gasteiger partial charge in [0.15, 0.2) is 20.8 Å². The molecule has 31 heteroatoms. The normalized spacial score (nSPS) is 19.1. The fourth-order valence-corrected chi connectivity index (χ4v) is 11.3. The van der Waals surface area contributed by atoms with Gasteiger partial charge in [0.05, 0.1) is 0 Å². The number of amides is 3. The van der Waals surface area contributed by atoms with Crippen LogP contribution in [0.25, 0.3) is 0 Å². The summed E-state index contributed by atoms with van der Waals surface area (Å²) in [5.41, 5.74) is 1.83. The Kier molecular flexibility index (Phi) is 14.2. The van der Waals surface area contributed by atoms with Crippen molar-refractivity contribution in [3.8, 4) is 0 Å². The fourth-order valence-electron chi connectivity index (χ4n) is 5.33.